The third-order valence-electron chi connectivity index (χ3n) is 7.14. The van der Waals surface area contributed by atoms with Crippen molar-refractivity contribution in [1.29, 1.82) is 0 Å². The van der Waals surface area contributed by atoms with Crippen LogP contribution in [0.2, 0.25) is 0 Å². The van der Waals surface area contributed by atoms with Gasteiger partial charge in [-0.25, -0.2) is 4.79 Å². The second kappa shape index (κ2) is 16.8. The smallest absolute Gasteiger partial charge is 0.407 e. The van der Waals surface area contributed by atoms with Gasteiger partial charge in [0, 0.05) is 20.1 Å². The van der Waals surface area contributed by atoms with Gasteiger partial charge in [-0.15, -0.1) is 0 Å². The summed E-state index contributed by atoms with van der Waals surface area (Å²) in [4.78, 5) is 24.6. The van der Waals surface area contributed by atoms with Crippen molar-refractivity contribution >= 4 is 12.1 Å². The van der Waals surface area contributed by atoms with Crippen LogP contribution in [0.5, 0.6) is 5.75 Å². The number of rotatable bonds is 17. The van der Waals surface area contributed by atoms with Gasteiger partial charge in [0.15, 0.2) is 0 Å². The van der Waals surface area contributed by atoms with Gasteiger partial charge in [0.05, 0.1) is 30.8 Å². The highest BCUT2D eigenvalue weighted by Crippen LogP contribution is 2.36. The minimum absolute atomic E-state index is 0.0255. The maximum absolute atomic E-state index is 12.7. The Morgan fingerprint density at radius 3 is 2.15 bits per heavy atom. The van der Waals surface area contributed by atoms with Crippen LogP contribution in [-0.2, 0) is 20.7 Å². The number of carbonyl (C=O) groups excluding carboxylic acids is 1. The molecule has 0 radical (unpaired) electrons. The predicted octanol–water partition coefficient (Wildman–Crippen LogP) is 5.36. The number of carboxylic acids is 1. The van der Waals surface area contributed by atoms with E-state index in [1.54, 1.807) is 41.7 Å². The normalized spacial score (nSPS) is 15.8. The van der Waals surface area contributed by atoms with Crippen LogP contribution >= 0.6 is 0 Å². The van der Waals surface area contributed by atoms with Crippen LogP contribution in [0.1, 0.15) is 91.9 Å². The van der Waals surface area contributed by atoms with Crippen LogP contribution in [0.3, 0.4) is 0 Å². The molecule has 0 aliphatic heterocycles. The number of aliphatic hydroxyl groups excluding tert-OH is 2. The Morgan fingerprint density at radius 2 is 1.65 bits per heavy atom. The first-order valence-electron chi connectivity index (χ1n) is 14.4. The zero-order chi connectivity index (χ0) is 30.6. The summed E-state index contributed by atoms with van der Waals surface area (Å²) in [6.07, 6.45) is -1.09. The number of aliphatic carboxylic acids is 1. The molecule has 0 saturated heterocycles. The Morgan fingerprint density at radius 1 is 1.00 bits per heavy atom. The second-order valence-corrected chi connectivity index (χ2v) is 12.2. The maximum Gasteiger partial charge on any atom is 0.407 e. The molecule has 4 N–H and O–H groups in total. The van der Waals surface area contributed by atoms with Crippen molar-refractivity contribution in [3.05, 3.63) is 29.3 Å². The number of hydrogen-bond donors (Lipinski definition) is 4. The molecule has 0 fully saturated rings. The van der Waals surface area contributed by atoms with Gasteiger partial charge in [0.1, 0.15) is 11.4 Å². The Hall–Kier alpha value is -2.36. The number of aliphatic hydroxyl groups is 2. The molecule has 40 heavy (non-hydrogen) atoms. The summed E-state index contributed by atoms with van der Waals surface area (Å²) < 4.78 is 16.5. The van der Waals surface area contributed by atoms with E-state index < -0.39 is 41.8 Å². The Bertz CT molecular complexity index is 911. The molecule has 1 amide bonds. The molecule has 0 spiro atoms. The Kier molecular flexibility index (Phi) is 15.0. The van der Waals surface area contributed by atoms with Crippen molar-refractivity contribution in [2.45, 2.75) is 105 Å². The molecule has 0 aliphatic carbocycles. The third-order valence-corrected chi connectivity index (χ3v) is 7.14. The van der Waals surface area contributed by atoms with Crippen molar-refractivity contribution < 1.29 is 39.1 Å². The molecule has 1 rings (SSSR count). The van der Waals surface area contributed by atoms with E-state index in [2.05, 4.69) is 5.32 Å². The molecule has 0 heterocycles. The number of hydrogen-bond acceptors (Lipinski definition) is 7. The molecule has 0 bridgehead atoms. The predicted molar refractivity (Wildman–Crippen MR) is 155 cm³/mol. The number of aryl methyl sites for hydroxylation is 1. The van der Waals surface area contributed by atoms with Gasteiger partial charge in [-0.2, -0.15) is 0 Å². The van der Waals surface area contributed by atoms with Crippen LogP contribution in [0.15, 0.2) is 18.2 Å². The summed E-state index contributed by atoms with van der Waals surface area (Å²) >= 11 is 0. The first-order valence-corrected chi connectivity index (χ1v) is 14.4. The van der Waals surface area contributed by atoms with Crippen molar-refractivity contribution in [1.82, 2.24) is 5.32 Å². The van der Waals surface area contributed by atoms with Gasteiger partial charge >= 0.3 is 12.1 Å². The van der Waals surface area contributed by atoms with Gasteiger partial charge in [-0.05, 0) is 75.0 Å². The number of carbonyl (C=O) groups is 2. The fraction of sp³-hybridized carbons (Fsp3) is 0.742. The largest absolute Gasteiger partial charge is 0.493 e. The number of alkyl carbamates (subject to hydrolysis) is 1. The summed E-state index contributed by atoms with van der Waals surface area (Å²) in [6, 6.07) is 4.86. The topological polar surface area (TPSA) is 135 Å². The van der Waals surface area contributed by atoms with Crippen LogP contribution in [-0.4, -0.2) is 65.5 Å². The average Bonchev–Trinajstić information content (AvgIpc) is 2.85. The van der Waals surface area contributed by atoms with Crippen LogP contribution < -0.4 is 10.1 Å². The molecule has 0 aliphatic rings. The van der Waals surface area contributed by atoms with E-state index in [9.17, 15) is 24.9 Å². The van der Waals surface area contributed by atoms with Crippen LogP contribution in [0.25, 0.3) is 0 Å². The standard InChI is InChI=1S/C31H53NO8/c1-10-21-12-13-22(16-27(21)39-15-11-14-38-9)28(34)23(19(2)3)17-25(32-30(37)40-31(6,7)8)26(33)18-24(20(4)5)29(35)36/h12-13,16,19-20,23-26,28,33-34H,10-11,14-15,17-18H2,1-9H3,(H,32,37)(H,35,36)/t23-,24?,25-,26-,28?/m0/s1. The highest BCUT2D eigenvalue weighted by atomic mass is 16.6. The highest BCUT2D eigenvalue weighted by Gasteiger charge is 2.35. The lowest BCUT2D eigenvalue weighted by Crippen LogP contribution is -2.48. The van der Waals surface area contributed by atoms with E-state index in [4.69, 9.17) is 14.2 Å². The summed E-state index contributed by atoms with van der Waals surface area (Å²) in [5.41, 5.74) is 0.954. The molecule has 230 valence electrons. The Labute approximate surface area is 240 Å². The monoisotopic (exact) mass is 567 g/mol. The fourth-order valence-corrected chi connectivity index (χ4v) is 4.73. The number of amides is 1. The minimum Gasteiger partial charge on any atom is -0.493 e. The lowest BCUT2D eigenvalue weighted by atomic mass is 9.79. The zero-order valence-corrected chi connectivity index (χ0v) is 25.9. The molecule has 0 saturated carbocycles. The summed E-state index contributed by atoms with van der Waals surface area (Å²) in [5.74, 6) is -1.69. The second-order valence-electron chi connectivity index (χ2n) is 12.2. The SMILES string of the molecule is CCc1ccc(C(O)[C@@H](C[C@H](NC(=O)OC(C)(C)C)[C@@H](O)CC(C(=O)O)C(C)C)C(C)C)cc1OCCCOC. The van der Waals surface area contributed by atoms with E-state index >= 15 is 0 Å². The van der Waals surface area contributed by atoms with Crippen molar-refractivity contribution in [2.24, 2.45) is 23.7 Å². The number of carboxylic acid groups (broad SMARTS) is 1. The molecular weight excluding hydrogens is 514 g/mol. The lowest BCUT2D eigenvalue weighted by molar-refractivity contribution is -0.144. The molecule has 9 nitrogen and oxygen atoms in total. The zero-order valence-electron chi connectivity index (χ0n) is 25.9. The molecular formula is C31H53NO8. The molecule has 0 aromatic heterocycles. The molecule has 5 atom stereocenters. The summed E-state index contributed by atoms with van der Waals surface area (Å²) in [7, 11) is 1.65. The van der Waals surface area contributed by atoms with Gasteiger partial charge in [0.25, 0.3) is 0 Å². The van der Waals surface area contributed by atoms with Crippen molar-refractivity contribution in [3.8, 4) is 5.75 Å². The van der Waals surface area contributed by atoms with Crippen molar-refractivity contribution in [3.63, 3.8) is 0 Å². The number of ether oxygens (including phenoxy) is 3. The van der Waals surface area contributed by atoms with Crippen molar-refractivity contribution in [2.75, 3.05) is 20.3 Å². The molecule has 1 aromatic rings. The Balaban J connectivity index is 3.29. The van der Waals surface area contributed by atoms with E-state index in [1.165, 1.54) is 0 Å². The van der Waals surface area contributed by atoms with Gasteiger partial charge in [-0.3, -0.25) is 4.79 Å². The average molecular weight is 568 g/mol. The van der Waals surface area contributed by atoms with Gasteiger partial charge < -0.3 is 34.8 Å². The summed E-state index contributed by atoms with van der Waals surface area (Å²) in [5, 5.41) is 35.2. The van der Waals surface area contributed by atoms with E-state index in [1.807, 2.05) is 39.0 Å². The quantitative estimate of drug-likeness (QED) is 0.185. The van der Waals surface area contributed by atoms with Gasteiger partial charge in [-0.1, -0.05) is 46.8 Å². The number of benzene rings is 1. The number of methoxy groups -OCH3 is 1. The molecule has 9 heteroatoms. The first kappa shape index (κ1) is 35.7. The fourth-order valence-electron chi connectivity index (χ4n) is 4.73. The molecule has 2 unspecified atom stereocenters. The van der Waals surface area contributed by atoms with Crippen LogP contribution in [0.4, 0.5) is 4.79 Å². The third kappa shape index (κ3) is 12.0. The maximum atomic E-state index is 12.7. The first-order chi connectivity index (χ1) is 18.6. The van der Waals surface area contributed by atoms with E-state index in [0.29, 0.717) is 24.5 Å². The van der Waals surface area contributed by atoms with E-state index in [-0.39, 0.29) is 30.6 Å². The van der Waals surface area contributed by atoms with Crippen LogP contribution in [0, 0.1) is 23.7 Å². The van der Waals surface area contributed by atoms with E-state index in [0.717, 1.165) is 18.4 Å². The minimum atomic E-state index is -1.16. The summed E-state index contributed by atoms with van der Waals surface area (Å²) in [6.45, 7) is 15.9. The number of nitrogens with one attached hydrogen (secondary N) is 1. The van der Waals surface area contributed by atoms with Gasteiger partial charge in [0.2, 0.25) is 0 Å². The lowest BCUT2D eigenvalue weighted by Gasteiger charge is -2.34. The highest BCUT2D eigenvalue weighted by molar-refractivity contribution is 5.70. The molecule has 1 aromatic carbocycles.